The maximum absolute atomic E-state index is 5.79. The Morgan fingerprint density at radius 1 is 1.33 bits per heavy atom. The topological polar surface area (TPSA) is 53.1 Å². The highest BCUT2D eigenvalue weighted by atomic mass is 16.5. The number of nitrogens with two attached hydrogens (primary N) is 1. The van der Waals surface area contributed by atoms with Gasteiger partial charge in [0, 0.05) is 25.7 Å². The molecule has 2 rings (SSSR count). The summed E-state index contributed by atoms with van der Waals surface area (Å²) in [6.45, 7) is 2.63. The monoisotopic (exact) mass is 245 g/mol. The first kappa shape index (κ1) is 12.6. The normalized spacial score (nSPS) is 12.4. The fourth-order valence-electron chi connectivity index (χ4n) is 1.76. The molecule has 0 spiro atoms. The number of rotatable bonds is 5. The molecule has 96 valence electrons. The van der Waals surface area contributed by atoms with E-state index in [1.807, 2.05) is 50.6 Å². The van der Waals surface area contributed by atoms with Crippen molar-refractivity contribution in [2.24, 2.45) is 12.8 Å². The summed E-state index contributed by atoms with van der Waals surface area (Å²) in [4.78, 5) is 0. The van der Waals surface area contributed by atoms with Gasteiger partial charge < -0.3 is 10.5 Å². The average Bonchev–Trinajstić information content (AvgIpc) is 2.76. The van der Waals surface area contributed by atoms with Crippen molar-refractivity contribution in [3.05, 3.63) is 47.8 Å². The number of ether oxygens (including phenoxy) is 1. The Hall–Kier alpha value is -1.81. The third-order valence-corrected chi connectivity index (χ3v) is 2.82. The van der Waals surface area contributed by atoms with E-state index in [2.05, 4.69) is 5.10 Å². The second-order valence-corrected chi connectivity index (χ2v) is 4.48. The number of aromatic nitrogens is 2. The molecule has 4 heteroatoms. The summed E-state index contributed by atoms with van der Waals surface area (Å²) in [6, 6.07) is 7.99. The van der Waals surface area contributed by atoms with Gasteiger partial charge in [0.15, 0.2) is 0 Å². The van der Waals surface area contributed by atoms with Gasteiger partial charge in [0.05, 0.1) is 12.8 Å². The highest BCUT2D eigenvalue weighted by Crippen LogP contribution is 2.16. The van der Waals surface area contributed by atoms with Crippen molar-refractivity contribution < 1.29 is 4.74 Å². The molecule has 1 heterocycles. The van der Waals surface area contributed by atoms with E-state index >= 15 is 0 Å². The summed E-state index contributed by atoms with van der Waals surface area (Å²) in [6.07, 6.45) is 4.73. The summed E-state index contributed by atoms with van der Waals surface area (Å²) in [5.74, 6) is 0.878. The largest absolute Gasteiger partial charge is 0.493 e. The van der Waals surface area contributed by atoms with E-state index < -0.39 is 0 Å². The second-order valence-electron chi connectivity index (χ2n) is 4.48. The van der Waals surface area contributed by atoms with Gasteiger partial charge in [-0.15, -0.1) is 0 Å². The minimum atomic E-state index is 0.0643. The lowest BCUT2D eigenvalue weighted by Crippen LogP contribution is -2.05. The molecule has 0 aliphatic carbocycles. The van der Waals surface area contributed by atoms with Crippen LogP contribution in [-0.4, -0.2) is 16.4 Å². The Kier molecular flexibility index (Phi) is 3.99. The van der Waals surface area contributed by atoms with Gasteiger partial charge in [-0.3, -0.25) is 4.68 Å². The molecule has 0 amide bonds. The average molecular weight is 245 g/mol. The van der Waals surface area contributed by atoms with E-state index in [9.17, 15) is 0 Å². The predicted octanol–water partition coefficient (Wildman–Crippen LogP) is 2.06. The van der Waals surface area contributed by atoms with Crippen LogP contribution in [0, 0.1) is 0 Å². The molecule has 1 aromatic carbocycles. The van der Waals surface area contributed by atoms with Crippen molar-refractivity contribution in [2.45, 2.75) is 19.4 Å². The Labute approximate surface area is 107 Å². The quantitative estimate of drug-likeness (QED) is 0.877. The van der Waals surface area contributed by atoms with Crippen LogP contribution in [0.5, 0.6) is 5.75 Å². The van der Waals surface area contributed by atoms with Crippen LogP contribution in [0.2, 0.25) is 0 Å². The SMILES string of the molecule is C[C@H](N)c1ccc(OCCc2cnn(C)c2)cc1. The van der Waals surface area contributed by atoms with Crippen molar-refractivity contribution in [3.8, 4) is 5.75 Å². The molecular formula is C14H19N3O. The highest BCUT2D eigenvalue weighted by molar-refractivity contribution is 5.28. The molecule has 1 aromatic heterocycles. The molecule has 0 saturated heterocycles. The fraction of sp³-hybridized carbons (Fsp3) is 0.357. The predicted molar refractivity (Wildman–Crippen MR) is 71.5 cm³/mol. The van der Waals surface area contributed by atoms with Crippen LogP contribution >= 0.6 is 0 Å². The molecule has 0 fully saturated rings. The summed E-state index contributed by atoms with van der Waals surface area (Å²) in [5.41, 5.74) is 8.10. The lowest BCUT2D eigenvalue weighted by molar-refractivity contribution is 0.322. The lowest BCUT2D eigenvalue weighted by Gasteiger charge is -2.08. The molecule has 4 nitrogen and oxygen atoms in total. The molecule has 0 unspecified atom stereocenters. The van der Waals surface area contributed by atoms with Crippen LogP contribution in [0.25, 0.3) is 0 Å². The molecule has 2 N–H and O–H groups in total. The number of aryl methyl sites for hydroxylation is 1. The van der Waals surface area contributed by atoms with E-state index in [1.54, 1.807) is 4.68 Å². The van der Waals surface area contributed by atoms with Gasteiger partial charge in [-0.1, -0.05) is 12.1 Å². The van der Waals surface area contributed by atoms with Gasteiger partial charge in [-0.25, -0.2) is 0 Å². The number of nitrogens with zero attached hydrogens (tertiary/aromatic N) is 2. The summed E-state index contributed by atoms with van der Waals surface area (Å²) in [5, 5.41) is 4.12. The molecule has 1 atom stereocenters. The fourth-order valence-corrected chi connectivity index (χ4v) is 1.76. The van der Waals surface area contributed by atoms with Crippen molar-refractivity contribution in [1.82, 2.24) is 9.78 Å². The number of hydrogen-bond donors (Lipinski definition) is 1. The molecule has 0 aliphatic rings. The van der Waals surface area contributed by atoms with Gasteiger partial charge in [-0.2, -0.15) is 5.10 Å². The van der Waals surface area contributed by atoms with Crippen LogP contribution in [0.1, 0.15) is 24.1 Å². The second kappa shape index (κ2) is 5.69. The molecule has 0 aliphatic heterocycles. The first-order valence-corrected chi connectivity index (χ1v) is 6.11. The first-order valence-electron chi connectivity index (χ1n) is 6.11. The Bertz CT molecular complexity index is 488. The van der Waals surface area contributed by atoms with Crippen molar-refractivity contribution in [3.63, 3.8) is 0 Å². The van der Waals surface area contributed by atoms with Crippen molar-refractivity contribution in [2.75, 3.05) is 6.61 Å². The molecular weight excluding hydrogens is 226 g/mol. The smallest absolute Gasteiger partial charge is 0.119 e. The van der Waals surface area contributed by atoms with Crippen LogP contribution in [-0.2, 0) is 13.5 Å². The van der Waals surface area contributed by atoms with Crippen molar-refractivity contribution in [1.29, 1.82) is 0 Å². The third kappa shape index (κ3) is 3.34. The third-order valence-electron chi connectivity index (χ3n) is 2.82. The van der Waals surface area contributed by atoms with E-state index in [-0.39, 0.29) is 6.04 Å². The number of benzene rings is 1. The maximum Gasteiger partial charge on any atom is 0.119 e. The molecule has 2 aromatic rings. The van der Waals surface area contributed by atoms with Crippen LogP contribution in [0.4, 0.5) is 0 Å². The molecule has 0 saturated carbocycles. The zero-order valence-corrected chi connectivity index (χ0v) is 10.8. The summed E-state index contributed by atoms with van der Waals surface area (Å²) >= 11 is 0. The minimum Gasteiger partial charge on any atom is -0.493 e. The Morgan fingerprint density at radius 3 is 2.61 bits per heavy atom. The van der Waals surface area contributed by atoms with Gasteiger partial charge >= 0.3 is 0 Å². The lowest BCUT2D eigenvalue weighted by atomic mass is 10.1. The van der Waals surface area contributed by atoms with Gasteiger partial charge in [0.1, 0.15) is 5.75 Å². The number of hydrogen-bond acceptors (Lipinski definition) is 3. The van der Waals surface area contributed by atoms with Crippen LogP contribution in [0.3, 0.4) is 0 Å². The van der Waals surface area contributed by atoms with Gasteiger partial charge in [-0.05, 0) is 30.2 Å². The summed E-state index contributed by atoms with van der Waals surface area (Å²) < 4.78 is 7.47. The minimum absolute atomic E-state index is 0.0643. The zero-order valence-electron chi connectivity index (χ0n) is 10.8. The van der Waals surface area contributed by atoms with Crippen molar-refractivity contribution >= 4 is 0 Å². The molecule has 0 radical (unpaired) electrons. The van der Waals surface area contributed by atoms with E-state index in [0.29, 0.717) is 6.61 Å². The maximum atomic E-state index is 5.79. The standard InChI is InChI=1S/C14H19N3O/c1-11(15)13-3-5-14(6-4-13)18-8-7-12-9-16-17(2)10-12/h3-6,9-11H,7-8,15H2,1-2H3/t11-/m0/s1. The molecule has 0 bridgehead atoms. The van der Waals surface area contributed by atoms with E-state index in [1.165, 1.54) is 5.56 Å². The van der Waals surface area contributed by atoms with Crippen LogP contribution < -0.4 is 10.5 Å². The highest BCUT2D eigenvalue weighted by Gasteiger charge is 2.00. The zero-order chi connectivity index (χ0) is 13.0. The van der Waals surface area contributed by atoms with Crippen LogP contribution in [0.15, 0.2) is 36.7 Å². The Balaban J connectivity index is 1.83. The first-order chi connectivity index (χ1) is 8.65. The molecule has 18 heavy (non-hydrogen) atoms. The van der Waals surface area contributed by atoms with E-state index in [4.69, 9.17) is 10.5 Å². The van der Waals surface area contributed by atoms with Gasteiger partial charge in [0.2, 0.25) is 0 Å². The van der Waals surface area contributed by atoms with E-state index in [0.717, 1.165) is 17.7 Å². The summed E-state index contributed by atoms with van der Waals surface area (Å²) in [7, 11) is 1.91. The van der Waals surface area contributed by atoms with Gasteiger partial charge in [0.25, 0.3) is 0 Å². The Morgan fingerprint density at radius 2 is 2.06 bits per heavy atom.